The summed E-state index contributed by atoms with van der Waals surface area (Å²) in [5.74, 6) is -0.266. The molecular weight excluding hydrogens is 360 g/mol. The van der Waals surface area contributed by atoms with Crippen molar-refractivity contribution in [2.24, 2.45) is 0 Å². The quantitative estimate of drug-likeness (QED) is 0.414. The van der Waals surface area contributed by atoms with Crippen molar-refractivity contribution in [3.05, 3.63) is 24.3 Å². The summed E-state index contributed by atoms with van der Waals surface area (Å²) in [6.07, 6.45) is 3.83. The van der Waals surface area contributed by atoms with Crippen LogP contribution in [-0.4, -0.2) is 39.4 Å². The minimum atomic E-state index is -4.70. The zero-order chi connectivity index (χ0) is 19.5. The first kappa shape index (κ1) is 22.0. The lowest BCUT2D eigenvalue weighted by Gasteiger charge is -2.27. The van der Waals surface area contributed by atoms with Crippen LogP contribution in [-0.2, 0) is 14.0 Å². The van der Waals surface area contributed by atoms with Crippen LogP contribution in [0.4, 0.5) is 13.2 Å². The highest BCUT2D eigenvalue weighted by atomic mass is 19.4. The second kappa shape index (κ2) is 11.6. The highest BCUT2D eigenvalue weighted by Gasteiger charge is 2.32. The molecule has 27 heavy (non-hydrogen) atoms. The van der Waals surface area contributed by atoms with Crippen LogP contribution in [0.5, 0.6) is 5.75 Å². The molecule has 2 rings (SSSR count). The van der Waals surface area contributed by atoms with Crippen molar-refractivity contribution in [1.29, 1.82) is 0 Å². The van der Waals surface area contributed by atoms with Gasteiger partial charge in [-0.2, -0.15) is 0 Å². The second-order valence-electron chi connectivity index (χ2n) is 6.73. The third-order valence-corrected chi connectivity index (χ3v) is 4.35. The number of unbranched alkanes of at least 4 members (excludes halogenated alkanes) is 6. The summed E-state index contributed by atoms with van der Waals surface area (Å²) in [4.78, 5) is 0. The van der Waals surface area contributed by atoms with E-state index in [0.717, 1.165) is 6.42 Å². The van der Waals surface area contributed by atoms with E-state index in [0.29, 0.717) is 25.3 Å². The summed E-state index contributed by atoms with van der Waals surface area (Å²) in [7, 11) is -0.594. The van der Waals surface area contributed by atoms with Gasteiger partial charge >= 0.3 is 13.5 Å². The van der Waals surface area contributed by atoms with E-state index < -0.39 is 13.5 Å². The van der Waals surface area contributed by atoms with Crippen LogP contribution in [0.25, 0.3) is 0 Å². The van der Waals surface area contributed by atoms with Crippen molar-refractivity contribution < 1.29 is 32.0 Å². The van der Waals surface area contributed by atoms with Crippen molar-refractivity contribution in [2.75, 3.05) is 19.8 Å². The molecule has 8 heteroatoms. The Labute approximate surface area is 159 Å². The van der Waals surface area contributed by atoms with E-state index in [1.807, 2.05) is 0 Å². The SMILES string of the molecule is CCCCCCCCCOC1COB(c2ccc(OC(F)(F)F)cc2)OC1. The van der Waals surface area contributed by atoms with E-state index in [-0.39, 0.29) is 11.9 Å². The fraction of sp³-hybridized carbons (Fsp3) is 0.684. The molecule has 0 atom stereocenters. The zero-order valence-corrected chi connectivity index (χ0v) is 15.8. The van der Waals surface area contributed by atoms with E-state index in [1.54, 1.807) is 0 Å². The molecule has 1 heterocycles. The molecule has 1 fully saturated rings. The van der Waals surface area contributed by atoms with Gasteiger partial charge in [0.25, 0.3) is 0 Å². The molecule has 0 amide bonds. The van der Waals surface area contributed by atoms with Gasteiger partial charge in [-0.3, -0.25) is 0 Å². The topological polar surface area (TPSA) is 36.9 Å². The maximum Gasteiger partial charge on any atom is 0.573 e. The van der Waals surface area contributed by atoms with Crippen molar-refractivity contribution in [1.82, 2.24) is 0 Å². The minimum absolute atomic E-state index is 0.103. The van der Waals surface area contributed by atoms with E-state index in [9.17, 15) is 13.2 Å². The largest absolute Gasteiger partial charge is 0.573 e. The van der Waals surface area contributed by atoms with Crippen LogP contribution in [0.1, 0.15) is 51.9 Å². The van der Waals surface area contributed by atoms with Gasteiger partial charge in [-0.25, -0.2) is 0 Å². The number of ether oxygens (including phenoxy) is 2. The van der Waals surface area contributed by atoms with Gasteiger partial charge in [-0.15, -0.1) is 13.2 Å². The highest BCUT2D eigenvalue weighted by molar-refractivity contribution is 6.61. The molecule has 152 valence electrons. The number of hydrogen-bond donors (Lipinski definition) is 0. The van der Waals surface area contributed by atoms with Crippen LogP contribution in [0, 0.1) is 0 Å². The molecule has 0 bridgehead atoms. The van der Waals surface area contributed by atoms with Crippen molar-refractivity contribution >= 4 is 12.6 Å². The molecule has 1 aliphatic rings. The summed E-state index contributed by atoms with van der Waals surface area (Å²) < 4.78 is 57.4. The van der Waals surface area contributed by atoms with Crippen molar-refractivity contribution in [2.45, 2.75) is 64.3 Å². The van der Waals surface area contributed by atoms with E-state index >= 15 is 0 Å². The Balaban J connectivity index is 1.60. The number of benzene rings is 1. The fourth-order valence-electron chi connectivity index (χ4n) is 2.91. The number of alkyl halides is 3. The fourth-order valence-corrected chi connectivity index (χ4v) is 2.91. The number of hydrogen-bond acceptors (Lipinski definition) is 4. The summed E-state index contributed by atoms with van der Waals surface area (Å²) in [6.45, 7) is 3.72. The Morgan fingerprint density at radius 2 is 1.56 bits per heavy atom. The van der Waals surface area contributed by atoms with Gasteiger partial charge in [0.1, 0.15) is 11.9 Å². The first-order chi connectivity index (χ1) is 13.0. The molecule has 1 saturated heterocycles. The number of halogens is 3. The predicted molar refractivity (Wildman–Crippen MR) is 98.2 cm³/mol. The van der Waals surface area contributed by atoms with Gasteiger partial charge in [0, 0.05) is 6.61 Å². The van der Waals surface area contributed by atoms with Gasteiger partial charge in [0.2, 0.25) is 0 Å². The van der Waals surface area contributed by atoms with E-state index in [4.69, 9.17) is 14.0 Å². The normalized spacial score (nSPS) is 15.9. The smallest absolute Gasteiger partial charge is 0.406 e. The maximum atomic E-state index is 12.2. The highest BCUT2D eigenvalue weighted by Crippen LogP contribution is 2.21. The van der Waals surface area contributed by atoms with Gasteiger partial charge in [0.05, 0.1) is 13.2 Å². The third-order valence-electron chi connectivity index (χ3n) is 4.35. The lowest BCUT2D eigenvalue weighted by Crippen LogP contribution is -2.47. The molecule has 0 aliphatic carbocycles. The van der Waals surface area contributed by atoms with Gasteiger partial charge in [0.15, 0.2) is 0 Å². The molecule has 0 spiro atoms. The Hall–Kier alpha value is -1.25. The molecule has 0 saturated carbocycles. The predicted octanol–water partition coefficient (Wildman–Crippen LogP) is 4.46. The summed E-state index contributed by atoms with van der Waals surface area (Å²) in [5.41, 5.74) is 0.648. The standard InChI is InChI=1S/C19H28BF3O4/c1-2-3-4-5-6-7-8-13-24-18-14-25-20(26-15-18)16-9-11-17(12-10-16)27-19(21,22)23/h9-12,18H,2-8,13-15H2,1H3. The van der Waals surface area contributed by atoms with Crippen LogP contribution < -0.4 is 10.2 Å². The first-order valence-corrected chi connectivity index (χ1v) is 9.68. The van der Waals surface area contributed by atoms with Crippen LogP contribution in [0.2, 0.25) is 0 Å². The van der Waals surface area contributed by atoms with E-state index in [2.05, 4.69) is 11.7 Å². The average Bonchev–Trinajstić information content (AvgIpc) is 2.64. The molecule has 1 aromatic rings. The summed E-state index contributed by atoms with van der Waals surface area (Å²) >= 11 is 0. The van der Waals surface area contributed by atoms with Gasteiger partial charge in [-0.05, 0) is 24.0 Å². The molecule has 0 unspecified atom stereocenters. The molecule has 0 N–H and O–H groups in total. The zero-order valence-electron chi connectivity index (χ0n) is 15.8. The van der Waals surface area contributed by atoms with Crippen molar-refractivity contribution in [3.63, 3.8) is 0 Å². The Morgan fingerprint density at radius 1 is 0.963 bits per heavy atom. The lowest BCUT2D eigenvalue weighted by molar-refractivity contribution is -0.274. The van der Waals surface area contributed by atoms with Crippen LogP contribution >= 0.6 is 0 Å². The van der Waals surface area contributed by atoms with Crippen LogP contribution in [0.15, 0.2) is 24.3 Å². The Kier molecular flexibility index (Phi) is 9.44. The Bertz CT molecular complexity index is 517. The summed E-state index contributed by atoms with van der Waals surface area (Å²) in [6, 6.07) is 5.51. The minimum Gasteiger partial charge on any atom is -0.406 e. The molecule has 0 radical (unpaired) electrons. The molecule has 4 nitrogen and oxygen atoms in total. The monoisotopic (exact) mass is 388 g/mol. The molecule has 1 aromatic carbocycles. The summed E-state index contributed by atoms with van der Waals surface area (Å²) in [5, 5.41) is 0. The Morgan fingerprint density at radius 3 is 2.15 bits per heavy atom. The number of rotatable bonds is 11. The van der Waals surface area contributed by atoms with Crippen molar-refractivity contribution in [3.8, 4) is 5.75 Å². The van der Waals surface area contributed by atoms with Crippen LogP contribution in [0.3, 0.4) is 0 Å². The second-order valence-corrected chi connectivity index (χ2v) is 6.73. The molecule has 1 aliphatic heterocycles. The molecule has 0 aromatic heterocycles. The maximum absolute atomic E-state index is 12.2. The third kappa shape index (κ3) is 8.99. The van der Waals surface area contributed by atoms with Gasteiger partial charge in [-0.1, -0.05) is 57.6 Å². The average molecular weight is 388 g/mol. The molecular formula is C19H28BF3O4. The first-order valence-electron chi connectivity index (χ1n) is 9.68. The van der Waals surface area contributed by atoms with E-state index in [1.165, 1.54) is 62.8 Å². The lowest BCUT2D eigenvalue weighted by atomic mass is 9.78. The van der Waals surface area contributed by atoms with Gasteiger partial charge < -0.3 is 18.8 Å².